The van der Waals surface area contributed by atoms with E-state index in [2.05, 4.69) is 31.2 Å². The lowest BCUT2D eigenvalue weighted by Crippen LogP contribution is -1.88. The number of benzene rings is 1. The first-order valence-corrected chi connectivity index (χ1v) is 4.94. The summed E-state index contributed by atoms with van der Waals surface area (Å²) in [5.41, 5.74) is 6.21. The molecule has 0 fully saturated rings. The Hall–Kier alpha value is -1.24. The molecule has 0 spiro atoms. The summed E-state index contributed by atoms with van der Waals surface area (Å²) in [6.45, 7) is 4.14. The van der Waals surface area contributed by atoms with E-state index in [1.807, 2.05) is 13.0 Å². The molecule has 0 heterocycles. The largest absolute Gasteiger partial charge is 0.114 e. The third-order valence-corrected chi connectivity index (χ3v) is 2.77. The maximum atomic E-state index is 5.99. The van der Waals surface area contributed by atoms with E-state index in [4.69, 9.17) is 7.85 Å². The summed E-state index contributed by atoms with van der Waals surface area (Å²) in [7, 11) is 5.99. The van der Waals surface area contributed by atoms with E-state index >= 15 is 0 Å². The molecule has 0 nitrogen and oxygen atoms in total. The van der Waals surface area contributed by atoms with Crippen molar-refractivity contribution in [3.63, 3.8) is 0 Å². The summed E-state index contributed by atoms with van der Waals surface area (Å²) in [6, 6.07) is 8.48. The standard InChI is InChI=1S/C13H13B/c1-3-12(14)13-9(2)8-10-6-4-5-7-11(10)13/h3-7H,8H2,1-2H3/b12-3+. The number of fused-ring (bicyclic) bond motifs is 1. The van der Waals surface area contributed by atoms with Crippen LogP contribution in [0, 0.1) is 0 Å². The van der Waals surface area contributed by atoms with Gasteiger partial charge in [0, 0.05) is 0 Å². The molecule has 0 amide bonds. The van der Waals surface area contributed by atoms with Crippen molar-refractivity contribution in [2.75, 3.05) is 0 Å². The van der Waals surface area contributed by atoms with Crippen LogP contribution in [0.25, 0.3) is 5.57 Å². The second-order valence-electron chi connectivity index (χ2n) is 3.73. The Bertz CT molecular complexity index is 425. The first-order valence-electron chi connectivity index (χ1n) is 4.94. The van der Waals surface area contributed by atoms with Crippen LogP contribution >= 0.6 is 0 Å². The Morgan fingerprint density at radius 1 is 1.36 bits per heavy atom. The summed E-state index contributed by atoms with van der Waals surface area (Å²) in [6.07, 6.45) is 3.01. The van der Waals surface area contributed by atoms with Gasteiger partial charge in [0.05, 0.1) is 0 Å². The minimum absolute atomic E-state index is 0.896. The molecule has 2 radical (unpaired) electrons. The van der Waals surface area contributed by atoms with E-state index in [0.717, 1.165) is 11.9 Å². The lowest BCUT2D eigenvalue weighted by Gasteiger charge is -2.06. The van der Waals surface area contributed by atoms with Gasteiger partial charge < -0.3 is 0 Å². The first kappa shape index (κ1) is 9.33. The third-order valence-electron chi connectivity index (χ3n) is 2.77. The van der Waals surface area contributed by atoms with Crippen molar-refractivity contribution in [2.24, 2.45) is 0 Å². The van der Waals surface area contributed by atoms with Crippen LogP contribution in [0.15, 0.2) is 41.4 Å². The van der Waals surface area contributed by atoms with Crippen LogP contribution < -0.4 is 0 Å². The normalized spacial score (nSPS) is 16.0. The Morgan fingerprint density at radius 3 is 2.79 bits per heavy atom. The Kier molecular flexibility index (Phi) is 2.32. The van der Waals surface area contributed by atoms with Gasteiger partial charge in [-0.25, -0.2) is 0 Å². The Balaban J connectivity index is 2.57. The summed E-state index contributed by atoms with van der Waals surface area (Å²) >= 11 is 0. The van der Waals surface area contributed by atoms with Crippen LogP contribution in [0.5, 0.6) is 0 Å². The second kappa shape index (κ2) is 3.49. The maximum absolute atomic E-state index is 5.99. The maximum Gasteiger partial charge on any atom is 0.114 e. The molecule has 0 saturated carbocycles. The molecule has 2 rings (SSSR count). The Morgan fingerprint density at radius 2 is 2.07 bits per heavy atom. The van der Waals surface area contributed by atoms with Crippen molar-refractivity contribution in [1.82, 2.24) is 0 Å². The van der Waals surface area contributed by atoms with Crippen molar-refractivity contribution in [2.45, 2.75) is 20.3 Å². The lowest BCUT2D eigenvalue weighted by molar-refractivity contribution is 1.19. The molecule has 1 aromatic carbocycles. The highest BCUT2D eigenvalue weighted by atomic mass is 14.2. The van der Waals surface area contributed by atoms with Gasteiger partial charge in [0.2, 0.25) is 0 Å². The number of rotatable bonds is 1. The molecule has 0 N–H and O–H groups in total. The molecule has 1 aliphatic carbocycles. The van der Waals surface area contributed by atoms with Gasteiger partial charge in [0.15, 0.2) is 0 Å². The minimum atomic E-state index is 0.896. The van der Waals surface area contributed by atoms with Crippen molar-refractivity contribution in [3.05, 3.63) is 52.5 Å². The molecule has 0 unspecified atom stereocenters. The zero-order chi connectivity index (χ0) is 10.1. The number of hydrogen-bond donors (Lipinski definition) is 0. The average molecular weight is 180 g/mol. The van der Waals surface area contributed by atoms with Crippen molar-refractivity contribution in [1.29, 1.82) is 0 Å². The van der Waals surface area contributed by atoms with Crippen molar-refractivity contribution >= 4 is 13.4 Å². The van der Waals surface area contributed by atoms with E-state index in [1.54, 1.807) is 0 Å². The van der Waals surface area contributed by atoms with Gasteiger partial charge in [-0.1, -0.05) is 41.4 Å². The highest BCUT2D eigenvalue weighted by molar-refractivity contribution is 6.31. The van der Waals surface area contributed by atoms with Gasteiger partial charge >= 0.3 is 0 Å². The molecule has 1 aliphatic rings. The van der Waals surface area contributed by atoms with Gasteiger partial charge in [-0.3, -0.25) is 0 Å². The highest BCUT2D eigenvalue weighted by Gasteiger charge is 2.17. The van der Waals surface area contributed by atoms with Gasteiger partial charge in [-0.05, 0) is 37.0 Å². The molecular weight excluding hydrogens is 167 g/mol. The molecular formula is C13H13B. The predicted octanol–water partition coefficient (Wildman–Crippen LogP) is 3.09. The SMILES string of the molecule is [B]/C(=C/C)C1=C(C)Cc2ccccc21. The lowest BCUT2D eigenvalue weighted by atomic mass is 9.84. The Labute approximate surface area is 86.8 Å². The van der Waals surface area contributed by atoms with Crippen LogP contribution in [0.1, 0.15) is 25.0 Å². The summed E-state index contributed by atoms with van der Waals surface area (Å²) in [4.78, 5) is 0. The minimum Gasteiger partial charge on any atom is -0.0941 e. The zero-order valence-corrected chi connectivity index (χ0v) is 8.67. The quantitative estimate of drug-likeness (QED) is 0.582. The number of allylic oxidation sites excluding steroid dienone is 4. The molecule has 0 bridgehead atoms. The van der Waals surface area contributed by atoms with Gasteiger partial charge in [0.25, 0.3) is 0 Å². The molecule has 1 aromatic rings. The molecule has 0 saturated heterocycles. The number of hydrogen-bond acceptors (Lipinski definition) is 0. The molecule has 14 heavy (non-hydrogen) atoms. The summed E-state index contributed by atoms with van der Waals surface area (Å²) < 4.78 is 0. The fourth-order valence-corrected chi connectivity index (χ4v) is 2.07. The van der Waals surface area contributed by atoms with E-state index in [0.29, 0.717) is 0 Å². The topological polar surface area (TPSA) is 0 Å². The molecule has 0 atom stereocenters. The molecule has 0 aliphatic heterocycles. The highest BCUT2D eigenvalue weighted by Crippen LogP contribution is 2.35. The van der Waals surface area contributed by atoms with E-state index in [9.17, 15) is 0 Å². The van der Waals surface area contributed by atoms with Crippen LogP contribution in [-0.4, -0.2) is 7.85 Å². The van der Waals surface area contributed by atoms with Crippen molar-refractivity contribution < 1.29 is 0 Å². The predicted molar refractivity (Wildman–Crippen MR) is 62.3 cm³/mol. The second-order valence-corrected chi connectivity index (χ2v) is 3.73. The molecule has 1 heteroatoms. The fourth-order valence-electron chi connectivity index (χ4n) is 2.07. The summed E-state index contributed by atoms with van der Waals surface area (Å²) in [5.74, 6) is 0. The fraction of sp³-hybridized carbons (Fsp3) is 0.231. The van der Waals surface area contributed by atoms with Crippen LogP contribution in [0.3, 0.4) is 0 Å². The van der Waals surface area contributed by atoms with Crippen LogP contribution in [-0.2, 0) is 6.42 Å². The molecule has 68 valence electrons. The van der Waals surface area contributed by atoms with Crippen molar-refractivity contribution in [3.8, 4) is 0 Å². The van der Waals surface area contributed by atoms with E-state index in [1.165, 1.54) is 22.3 Å². The van der Waals surface area contributed by atoms with Gasteiger partial charge in [-0.15, -0.1) is 0 Å². The average Bonchev–Trinajstić information content (AvgIpc) is 2.53. The molecule has 0 aromatic heterocycles. The summed E-state index contributed by atoms with van der Waals surface area (Å²) in [5, 5.41) is 0. The van der Waals surface area contributed by atoms with E-state index < -0.39 is 0 Å². The zero-order valence-electron chi connectivity index (χ0n) is 8.67. The third kappa shape index (κ3) is 1.33. The monoisotopic (exact) mass is 180 g/mol. The van der Waals surface area contributed by atoms with E-state index in [-0.39, 0.29) is 0 Å². The van der Waals surface area contributed by atoms with Crippen LogP contribution in [0.4, 0.5) is 0 Å². The first-order chi connectivity index (χ1) is 6.74. The van der Waals surface area contributed by atoms with Gasteiger partial charge in [0.1, 0.15) is 7.85 Å². The smallest absolute Gasteiger partial charge is 0.0941 e. The van der Waals surface area contributed by atoms with Crippen LogP contribution in [0.2, 0.25) is 0 Å². The van der Waals surface area contributed by atoms with Gasteiger partial charge in [-0.2, -0.15) is 0 Å².